The Hall–Kier alpha value is -2.06. The molecule has 1 atom stereocenters. The minimum Gasteiger partial charge on any atom is -0.768 e. The number of ether oxygens (including phenoxy) is 1. The van der Waals surface area contributed by atoms with Crippen LogP contribution in [-0.2, 0) is 15.8 Å². The molecule has 0 fully saturated rings. The molecule has 1 unspecified atom stereocenters. The highest BCUT2D eigenvalue weighted by Crippen LogP contribution is 2.27. The van der Waals surface area contributed by atoms with Crippen molar-refractivity contribution in [3.05, 3.63) is 54.1 Å². The zero-order valence-electron chi connectivity index (χ0n) is 12.1. The van der Waals surface area contributed by atoms with Gasteiger partial charge in [0, 0.05) is 11.9 Å². The Balaban J connectivity index is 0.000000745. The monoisotopic (exact) mass is 322 g/mol. The second kappa shape index (κ2) is 9.06. The van der Waals surface area contributed by atoms with Gasteiger partial charge in [0.1, 0.15) is 0 Å². The van der Waals surface area contributed by atoms with Crippen molar-refractivity contribution < 1.29 is 23.5 Å². The molecule has 2 aromatic carbocycles. The summed E-state index contributed by atoms with van der Waals surface area (Å²) in [5, 5.41) is 7.32. The van der Waals surface area contributed by atoms with E-state index in [1.165, 1.54) is 20.2 Å². The summed E-state index contributed by atoms with van der Waals surface area (Å²) in [5.74, 6) is -0.564. The van der Waals surface area contributed by atoms with E-state index < -0.39 is 17.0 Å². The molecule has 2 N–H and O–H groups in total. The van der Waals surface area contributed by atoms with Crippen molar-refractivity contribution in [3.8, 4) is 11.1 Å². The van der Waals surface area contributed by atoms with Crippen molar-refractivity contribution >= 4 is 17.0 Å². The van der Waals surface area contributed by atoms with Gasteiger partial charge in [-0.15, -0.1) is 0 Å². The van der Waals surface area contributed by atoms with Crippen LogP contribution < -0.4 is 5.48 Å². The largest absolute Gasteiger partial charge is 0.768 e. The summed E-state index contributed by atoms with van der Waals surface area (Å²) in [6.45, 7) is 0. The van der Waals surface area contributed by atoms with E-state index >= 15 is 0 Å². The first-order chi connectivity index (χ1) is 10.5. The zero-order valence-corrected chi connectivity index (χ0v) is 12.9. The standard InChI is InChI=1S/C14H12O4S.CH5NO/c1-18-14(15)11-7-8-12(13(9-11)19(16)17)10-5-3-2-4-6-10;1-2-3/h2-9H,1H3,(H,16,17);2-3H,1H3/p-1. The van der Waals surface area contributed by atoms with Crippen LogP contribution in [0.25, 0.3) is 11.1 Å². The summed E-state index contributed by atoms with van der Waals surface area (Å²) in [6, 6.07) is 13.6. The van der Waals surface area contributed by atoms with Crippen molar-refractivity contribution in [2.24, 2.45) is 0 Å². The van der Waals surface area contributed by atoms with Crippen LogP contribution in [0.1, 0.15) is 10.4 Å². The number of methoxy groups -OCH3 is 1. The molecule has 0 saturated heterocycles. The average molecular weight is 322 g/mol. The maximum atomic E-state index is 11.4. The van der Waals surface area contributed by atoms with Crippen molar-refractivity contribution in [2.75, 3.05) is 14.2 Å². The van der Waals surface area contributed by atoms with Gasteiger partial charge >= 0.3 is 5.97 Å². The van der Waals surface area contributed by atoms with Gasteiger partial charge < -0.3 is 14.5 Å². The van der Waals surface area contributed by atoms with Crippen molar-refractivity contribution in [2.45, 2.75) is 4.90 Å². The number of hydroxylamine groups is 1. The summed E-state index contributed by atoms with van der Waals surface area (Å²) in [7, 11) is 2.68. The van der Waals surface area contributed by atoms with Gasteiger partial charge in [-0.3, -0.25) is 4.21 Å². The van der Waals surface area contributed by atoms with Crippen LogP contribution in [0.3, 0.4) is 0 Å². The van der Waals surface area contributed by atoms with Gasteiger partial charge in [-0.25, -0.2) is 10.3 Å². The molecule has 0 amide bonds. The lowest BCUT2D eigenvalue weighted by Gasteiger charge is -2.13. The predicted octanol–water partition coefficient (Wildman–Crippen LogP) is 1.97. The third-order valence-electron chi connectivity index (χ3n) is 2.67. The van der Waals surface area contributed by atoms with Crippen molar-refractivity contribution in [1.29, 1.82) is 0 Å². The second-order valence-corrected chi connectivity index (χ2v) is 4.94. The molecule has 2 rings (SSSR count). The summed E-state index contributed by atoms with van der Waals surface area (Å²) < 4.78 is 27.2. The number of hydrogen-bond donors (Lipinski definition) is 2. The Morgan fingerprint density at radius 2 is 1.82 bits per heavy atom. The van der Waals surface area contributed by atoms with Gasteiger partial charge in [-0.2, -0.15) is 0 Å². The molecule has 0 aliphatic heterocycles. The number of benzene rings is 2. The Morgan fingerprint density at radius 3 is 2.32 bits per heavy atom. The van der Waals surface area contributed by atoms with Crippen LogP contribution in [0.15, 0.2) is 53.4 Å². The lowest BCUT2D eigenvalue weighted by atomic mass is 10.0. The van der Waals surface area contributed by atoms with E-state index in [-0.39, 0.29) is 10.5 Å². The minimum atomic E-state index is -2.43. The van der Waals surface area contributed by atoms with Crippen LogP contribution in [0.5, 0.6) is 0 Å². The van der Waals surface area contributed by atoms with Crippen LogP contribution in [0.4, 0.5) is 0 Å². The Morgan fingerprint density at radius 1 is 1.23 bits per heavy atom. The molecule has 0 saturated carbocycles. The first-order valence-corrected chi connectivity index (χ1v) is 7.30. The molecule has 0 aromatic heterocycles. The maximum Gasteiger partial charge on any atom is 0.337 e. The number of nitrogens with one attached hydrogen (secondary N) is 1. The highest BCUT2D eigenvalue weighted by Gasteiger charge is 2.11. The van der Waals surface area contributed by atoms with E-state index in [0.717, 1.165) is 5.56 Å². The number of carbonyl (C=O) groups excluding carboxylic acids is 1. The van der Waals surface area contributed by atoms with Crippen LogP contribution >= 0.6 is 0 Å². The van der Waals surface area contributed by atoms with E-state index in [2.05, 4.69) is 4.74 Å². The van der Waals surface area contributed by atoms with Gasteiger partial charge in [0.25, 0.3) is 0 Å². The average Bonchev–Trinajstić information content (AvgIpc) is 2.55. The predicted molar refractivity (Wildman–Crippen MR) is 81.2 cm³/mol. The third kappa shape index (κ3) is 4.74. The van der Waals surface area contributed by atoms with Crippen LogP contribution in [0, 0.1) is 0 Å². The quantitative estimate of drug-likeness (QED) is 0.509. The smallest absolute Gasteiger partial charge is 0.337 e. The van der Waals surface area contributed by atoms with Crippen molar-refractivity contribution in [1.82, 2.24) is 5.48 Å². The zero-order chi connectivity index (χ0) is 16.5. The summed E-state index contributed by atoms with van der Waals surface area (Å²) >= 11 is -2.43. The van der Waals surface area contributed by atoms with E-state index in [4.69, 9.17) is 5.21 Å². The van der Waals surface area contributed by atoms with E-state index in [1.54, 1.807) is 17.6 Å². The third-order valence-corrected chi connectivity index (χ3v) is 3.36. The number of rotatable bonds is 3. The van der Waals surface area contributed by atoms with Gasteiger partial charge in [0.2, 0.25) is 0 Å². The van der Waals surface area contributed by atoms with Gasteiger partial charge in [-0.05, 0) is 34.3 Å². The van der Waals surface area contributed by atoms with Gasteiger partial charge in [0.05, 0.1) is 12.7 Å². The first-order valence-electron chi connectivity index (χ1n) is 6.23. The molecule has 0 aliphatic carbocycles. The van der Waals surface area contributed by atoms with Crippen molar-refractivity contribution in [3.63, 3.8) is 0 Å². The maximum absolute atomic E-state index is 11.4. The van der Waals surface area contributed by atoms with E-state index in [1.807, 2.05) is 30.3 Å². The summed E-state index contributed by atoms with van der Waals surface area (Å²) in [6.07, 6.45) is 0. The first kappa shape index (κ1) is 18.0. The van der Waals surface area contributed by atoms with Gasteiger partial charge in [0.15, 0.2) is 0 Å². The lowest BCUT2D eigenvalue weighted by Crippen LogP contribution is -2.03. The molecule has 0 spiro atoms. The molecule has 0 radical (unpaired) electrons. The number of carbonyl (C=O) groups is 1. The fraction of sp³-hybridized carbons (Fsp3) is 0.133. The second-order valence-electron chi connectivity index (χ2n) is 4.03. The normalized spacial score (nSPS) is 11.1. The highest BCUT2D eigenvalue weighted by atomic mass is 32.2. The van der Waals surface area contributed by atoms with Crippen LogP contribution in [0.2, 0.25) is 0 Å². The fourth-order valence-corrected chi connectivity index (χ4v) is 2.35. The highest BCUT2D eigenvalue weighted by molar-refractivity contribution is 7.79. The number of esters is 1. The molecule has 118 valence electrons. The molecule has 7 heteroatoms. The topological polar surface area (TPSA) is 98.7 Å². The van der Waals surface area contributed by atoms with E-state index in [0.29, 0.717) is 5.56 Å². The molecule has 0 heterocycles. The molecule has 6 nitrogen and oxygen atoms in total. The van der Waals surface area contributed by atoms with E-state index in [9.17, 15) is 13.6 Å². The number of hydrogen-bond acceptors (Lipinski definition) is 6. The SMILES string of the molecule is CNO.COC(=O)c1ccc(-c2ccccc2)c(S(=O)[O-])c1. The molecular formula is C15H16NO5S-. The Labute approximate surface area is 131 Å². The summed E-state index contributed by atoms with van der Waals surface area (Å²) in [4.78, 5) is 11.5. The summed E-state index contributed by atoms with van der Waals surface area (Å²) in [5.41, 5.74) is 3.29. The Kier molecular flexibility index (Phi) is 7.41. The molecule has 0 aliphatic rings. The molecular weight excluding hydrogens is 306 g/mol. The minimum absolute atomic E-state index is 0.0779. The molecule has 0 bridgehead atoms. The molecule has 2 aromatic rings. The fourth-order valence-electron chi connectivity index (χ4n) is 1.76. The van der Waals surface area contributed by atoms with Gasteiger partial charge in [-0.1, -0.05) is 36.4 Å². The Bertz CT molecular complexity index is 646. The lowest BCUT2D eigenvalue weighted by molar-refractivity contribution is 0.0600. The van der Waals surface area contributed by atoms with Crippen LogP contribution in [-0.4, -0.2) is 34.1 Å². The molecule has 22 heavy (non-hydrogen) atoms.